The highest BCUT2D eigenvalue weighted by atomic mass is 16.5. The molecule has 0 aliphatic carbocycles. The van der Waals surface area contributed by atoms with Gasteiger partial charge in [0.25, 0.3) is 5.91 Å². The van der Waals surface area contributed by atoms with Gasteiger partial charge in [-0.25, -0.2) is 0 Å². The fourth-order valence-corrected chi connectivity index (χ4v) is 1.56. The summed E-state index contributed by atoms with van der Waals surface area (Å²) in [6, 6.07) is 1.72. The van der Waals surface area contributed by atoms with Crippen molar-refractivity contribution in [2.45, 2.75) is 26.2 Å². The standard InChI is InChI=1S/C12H19N3O2/c1-12(2,3)10-4-9(15-17-10)11(16)14-7-8-5-13-6-8/h4,8,13H,5-7H2,1-3H3,(H,14,16). The number of hydrogen-bond acceptors (Lipinski definition) is 4. The molecular formula is C12H19N3O2. The Hall–Kier alpha value is -1.36. The monoisotopic (exact) mass is 237 g/mol. The molecule has 2 rings (SSSR count). The maximum atomic E-state index is 11.8. The smallest absolute Gasteiger partial charge is 0.273 e. The first-order chi connectivity index (χ1) is 7.97. The zero-order valence-corrected chi connectivity index (χ0v) is 10.5. The maximum Gasteiger partial charge on any atom is 0.273 e. The number of carbonyl (C=O) groups is 1. The molecule has 0 radical (unpaired) electrons. The zero-order valence-electron chi connectivity index (χ0n) is 10.5. The van der Waals surface area contributed by atoms with Crippen LogP contribution in [-0.4, -0.2) is 30.7 Å². The Balaban J connectivity index is 1.92. The lowest BCUT2D eigenvalue weighted by atomic mass is 9.93. The molecule has 0 bridgehead atoms. The highest BCUT2D eigenvalue weighted by molar-refractivity contribution is 5.92. The molecule has 1 amide bonds. The lowest BCUT2D eigenvalue weighted by molar-refractivity contribution is 0.0933. The molecule has 94 valence electrons. The first kappa shape index (κ1) is 12.1. The minimum absolute atomic E-state index is 0.122. The van der Waals surface area contributed by atoms with Crippen LogP contribution in [0, 0.1) is 5.92 Å². The lowest BCUT2D eigenvalue weighted by Crippen LogP contribution is -2.48. The van der Waals surface area contributed by atoms with E-state index in [0.717, 1.165) is 18.8 Å². The molecule has 1 aromatic rings. The van der Waals surface area contributed by atoms with Crippen LogP contribution in [0.1, 0.15) is 37.0 Å². The number of nitrogens with zero attached hydrogens (tertiary/aromatic N) is 1. The van der Waals surface area contributed by atoms with Crippen LogP contribution in [-0.2, 0) is 5.41 Å². The van der Waals surface area contributed by atoms with E-state index >= 15 is 0 Å². The Morgan fingerprint density at radius 1 is 1.59 bits per heavy atom. The molecular weight excluding hydrogens is 218 g/mol. The van der Waals surface area contributed by atoms with Gasteiger partial charge in [-0.2, -0.15) is 0 Å². The second-order valence-electron chi connectivity index (χ2n) is 5.56. The van der Waals surface area contributed by atoms with Crippen molar-refractivity contribution in [3.8, 4) is 0 Å². The molecule has 17 heavy (non-hydrogen) atoms. The van der Waals surface area contributed by atoms with E-state index < -0.39 is 0 Å². The quantitative estimate of drug-likeness (QED) is 0.820. The average molecular weight is 237 g/mol. The minimum Gasteiger partial charge on any atom is -0.360 e. The van der Waals surface area contributed by atoms with Crippen molar-refractivity contribution in [1.82, 2.24) is 15.8 Å². The summed E-state index contributed by atoms with van der Waals surface area (Å²) >= 11 is 0. The molecule has 2 N–H and O–H groups in total. The van der Waals surface area contributed by atoms with Crippen LogP contribution in [0.25, 0.3) is 0 Å². The summed E-state index contributed by atoms with van der Waals surface area (Å²) in [5, 5.41) is 9.83. The average Bonchev–Trinajstić information content (AvgIpc) is 2.62. The zero-order chi connectivity index (χ0) is 12.5. The third kappa shape index (κ3) is 2.85. The SMILES string of the molecule is CC(C)(C)c1cc(C(=O)NCC2CNC2)no1. The maximum absolute atomic E-state index is 11.8. The fraction of sp³-hybridized carbons (Fsp3) is 0.667. The van der Waals surface area contributed by atoms with Crippen LogP contribution in [0.4, 0.5) is 0 Å². The second kappa shape index (κ2) is 4.49. The first-order valence-corrected chi connectivity index (χ1v) is 5.93. The van der Waals surface area contributed by atoms with Crippen molar-refractivity contribution < 1.29 is 9.32 Å². The molecule has 0 atom stereocenters. The Labute approximate surface area is 101 Å². The summed E-state index contributed by atoms with van der Waals surface area (Å²) in [5.74, 6) is 1.12. The number of aromatic nitrogens is 1. The molecule has 1 aromatic heterocycles. The summed E-state index contributed by atoms with van der Waals surface area (Å²) in [4.78, 5) is 11.8. The Morgan fingerprint density at radius 2 is 2.29 bits per heavy atom. The first-order valence-electron chi connectivity index (χ1n) is 5.93. The molecule has 1 aliphatic heterocycles. The minimum atomic E-state index is -0.156. The molecule has 5 nitrogen and oxygen atoms in total. The Bertz CT molecular complexity index is 402. The van der Waals surface area contributed by atoms with Gasteiger partial charge in [0.15, 0.2) is 5.69 Å². The summed E-state index contributed by atoms with van der Waals surface area (Å²) in [7, 11) is 0. The van der Waals surface area contributed by atoms with Gasteiger partial charge in [0, 0.05) is 37.0 Å². The van der Waals surface area contributed by atoms with E-state index in [1.165, 1.54) is 0 Å². The van der Waals surface area contributed by atoms with Crippen molar-refractivity contribution in [2.75, 3.05) is 19.6 Å². The van der Waals surface area contributed by atoms with Gasteiger partial charge in [0.1, 0.15) is 5.76 Å². The number of rotatable bonds is 3. The van der Waals surface area contributed by atoms with E-state index in [2.05, 4.69) is 15.8 Å². The summed E-state index contributed by atoms with van der Waals surface area (Å²) in [6.07, 6.45) is 0. The highest BCUT2D eigenvalue weighted by Gasteiger charge is 2.23. The van der Waals surface area contributed by atoms with E-state index in [1.807, 2.05) is 20.8 Å². The van der Waals surface area contributed by atoms with Gasteiger partial charge in [0.2, 0.25) is 0 Å². The van der Waals surface area contributed by atoms with E-state index in [9.17, 15) is 4.79 Å². The molecule has 1 fully saturated rings. The number of hydrogen-bond donors (Lipinski definition) is 2. The van der Waals surface area contributed by atoms with Crippen molar-refractivity contribution in [3.05, 3.63) is 17.5 Å². The predicted octanol–water partition coefficient (Wildman–Crippen LogP) is 0.921. The van der Waals surface area contributed by atoms with Crippen molar-refractivity contribution in [3.63, 3.8) is 0 Å². The third-order valence-corrected chi connectivity index (χ3v) is 2.90. The molecule has 1 aliphatic rings. The van der Waals surface area contributed by atoms with Crippen LogP contribution in [0.3, 0.4) is 0 Å². The van der Waals surface area contributed by atoms with Crippen LogP contribution in [0.2, 0.25) is 0 Å². The van der Waals surface area contributed by atoms with Gasteiger partial charge in [-0.15, -0.1) is 0 Å². The highest BCUT2D eigenvalue weighted by Crippen LogP contribution is 2.22. The van der Waals surface area contributed by atoms with Gasteiger partial charge in [0.05, 0.1) is 0 Å². The van der Waals surface area contributed by atoms with Gasteiger partial charge in [-0.1, -0.05) is 25.9 Å². The summed E-state index contributed by atoms with van der Waals surface area (Å²) < 4.78 is 5.17. The van der Waals surface area contributed by atoms with Crippen LogP contribution >= 0.6 is 0 Å². The van der Waals surface area contributed by atoms with E-state index in [0.29, 0.717) is 18.2 Å². The van der Waals surface area contributed by atoms with Crippen LogP contribution in [0.15, 0.2) is 10.6 Å². The topological polar surface area (TPSA) is 67.2 Å². The van der Waals surface area contributed by atoms with Gasteiger partial charge in [-0.3, -0.25) is 4.79 Å². The fourth-order valence-electron chi connectivity index (χ4n) is 1.56. The molecule has 0 saturated carbocycles. The lowest BCUT2D eigenvalue weighted by Gasteiger charge is -2.26. The van der Waals surface area contributed by atoms with Gasteiger partial charge < -0.3 is 15.2 Å². The summed E-state index contributed by atoms with van der Waals surface area (Å²) in [6.45, 7) is 8.72. The summed E-state index contributed by atoms with van der Waals surface area (Å²) in [5.41, 5.74) is 0.242. The van der Waals surface area contributed by atoms with E-state index in [1.54, 1.807) is 6.07 Å². The predicted molar refractivity (Wildman–Crippen MR) is 63.9 cm³/mol. The third-order valence-electron chi connectivity index (χ3n) is 2.90. The van der Waals surface area contributed by atoms with E-state index in [4.69, 9.17) is 4.52 Å². The van der Waals surface area contributed by atoms with Gasteiger partial charge >= 0.3 is 0 Å². The number of amides is 1. The molecule has 0 aromatic carbocycles. The normalized spacial score (nSPS) is 16.6. The Kier molecular flexibility index (Phi) is 3.19. The van der Waals surface area contributed by atoms with Crippen molar-refractivity contribution in [1.29, 1.82) is 0 Å². The molecule has 1 saturated heterocycles. The van der Waals surface area contributed by atoms with Crippen LogP contribution < -0.4 is 10.6 Å². The molecule has 0 unspecified atom stereocenters. The van der Waals surface area contributed by atoms with Crippen molar-refractivity contribution in [2.24, 2.45) is 5.92 Å². The van der Waals surface area contributed by atoms with E-state index in [-0.39, 0.29) is 11.3 Å². The largest absolute Gasteiger partial charge is 0.360 e. The number of carbonyl (C=O) groups excluding carboxylic acids is 1. The van der Waals surface area contributed by atoms with Crippen LogP contribution in [0.5, 0.6) is 0 Å². The number of nitrogens with one attached hydrogen (secondary N) is 2. The molecule has 0 spiro atoms. The van der Waals surface area contributed by atoms with Crippen molar-refractivity contribution >= 4 is 5.91 Å². The second-order valence-corrected chi connectivity index (χ2v) is 5.56. The Morgan fingerprint density at radius 3 is 2.76 bits per heavy atom. The molecule has 5 heteroatoms. The van der Waals surface area contributed by atoms with Gasteiger partial charge in [-0.05, 0) is 0 Å². The molecule has 2 heterocycles.